The number of amides is 3. The number of hydrogen-bond acceptors (Lipinski definition) is 6. The molecular weight excluding hydrogens is 541 g/mol. The lowest BCUT2D eigenvalue weighted by molar-refractivity contribution is -0.137. The summed E-state index contributed by atoms with van der Waals surface area (Å²) in [5.41, 5.74) is 2.92. The number of carbonyl (C=O) groups excluding carboxylic acids is 3. The van der Waals surface area contributed by atoms with Crippen molar-refractivity contribution in [1.29, 1.82) is 0 Å². The molecule has 3 aromatic carbocycles. The van der Waals surface area contributed by atoms with E-state index in [9.17, 15) is 27.6 Å². The number of nitrogens with one attached hydrogen (secondary N) is 2. The van der Waals surface area contributed by atoms with Gasteiger partial charge in [0.2, 0.25) is 11.8 Å². The van der Waals surface area contributed by atoms with Gasteiger partial charge in [0.15, 0.2) is 6.61 Å². The van der Waals surface area contributed by atoms with Crippen molar-refractivity contribution in [3.05, 3.63) is 83.9 Å². The molecule has 9 nitrogen and oxygen atoms in total. The minimum absolute atomic E-state index is 0.00729. The largest absolute Gasteiger partial charge is 0.494 e. The topological polar surface area (TPSA) is 109 Å². The monoisotopic (exact) mass is 568 g/mol. The second-order valence-corrected chi connectivity index (χ2v) is 9.05. The van der Waals surface area contributed by atoms with Gasteiger partial charge >= 0.3 is 6.18 Å². The molecule has 41 heavy (non-hydrogen) atoms. The molecule has 0 saturated carbocycles. The summed E-state index contributed by atoms with van der Waals surface area (Å²) in [7, 11) is 0. The number of ether oxygens (including phenoxy) is 2. The number of nitrogens with zero attached hydrogens (tertiary/aromatic N) is 2. The average Bonchev–Trinajstić information content (AvgIpc) is 3.34. The third-order valence-electron chi connectivity index (χ3n) is 6.07. The molecule has 1 aliphatic heterocycles. The smallest absolute Gasteiger partial charge is 0.416 e. The highest BCUT2D eigenvalue weighted by Crippen LogP contribution is 2.31. The second kappa shape index (κ2) is 13.0. The summed E-state index contributed by atoms with van der Waals surface area (Å²) in [6.45, 7) is 2.25. The van der Waals surface area contributed by atoms with Gasteiger partial charge in [0, 0.05) is 24.3 Å². The van der Waals surface area contributed by atoms with E-state index in [0.717, 1.165) is 12.1 Å². The maximum absolute atomic E-state index is 12.8. The fourth-order valence-electron chi connectivity index (χ4n) is 4.05. The number of halogens is 3. The van der Waals surface area contributed by atoms with E-state index in [-0.39, 0.29) is 30.5 Å². The number of benzene rings is 3. The molecule has 0 spiro atoms. The van der Waals surface area contributed by atoms with Crippen LogP contribution in [-0.4, -0.2) is 43.7 Å². The van der Waals surface area contributed by atoms with E-state index in [1.165, 1.54) is 18.3 Å². The molecule has 0 radical (unpaired) electrons. The molecule has 0 bridgehead atoms. The van der Waals surface area contributed by atoms with Crippen LogP contribution in [0.1, 0.15) is 24.5 Å². The minimum Gasteiger partial charge on any atom is -0.494 e. The summed E-state index contributed by atoms with van der Waals surface area (Å²) in [5.74, 6) is -0.657. The predicted octanol–water partition coefficient (Wildman–Crippen LogP) is 4.62. The predicted molar refractivity (Wildman–Crippen MR) is 146 cm³/mol. The summed E-state index contributed by atoms with van der Waals surface area (Å²) in [4.78, 5) is 38.7. The Labute approximate surface area is 233 Å². The van der Waals surface area contributed by atoms with Crippen molar-refractivity contribution in [2.75, 3.05) is 30.0 Å². The van der Waals surface area contributed by atoms with E-state index in [1.807, 2.05) is 6.92 Å². The van der Waals surface area contributed by atoms with Crippen LogP contribution in [0.4, 0.5) is 24.5 Å². The van der Waals surface area contributed by atoms with Crippen LogP contribution in [0.3, 0.4) is 0 Å². The van der Waals surface area contributed by atoms with Crippen LogP contribution >= 0.6 is 0 Å². The van der Waals surface area contributed by atoms with Crippen molar-refractivity contribution in [2.24, 2.45) is 11.0 Å². The first-order valence-electron chi connectivity index (χ1n) is 12.7. The first-order valence-corrected chi connectivity index (χ1v) is 12.7. The highest BCUT2D eigenvalue weighted by molar-refractivity contribution is 6.00. The third-order valence-corrected chi connectivity index (χ3v) is 6.07. The van der Waals surface area contributed by atoms with Crippen molar-refractivity contribution in [1.82, 2.24) is 5.43 Å². The molecule has 214 valence electrons. The molecule has 2 N–H and O–H groups in total. The Balaban J connectivity index is 1.22. The summed E-state index contributed by atoms with van der Waals surface area (Å²) in [6, 6.07) is 17.8. The van der Waals surface area contributed by atoms with Gasteiger partial charge in [-0.05, 0) is 79.2 Å². The van der Waals surface area contributed by atoms with E-state index in [2.05, 4.69) is 15.8 Å². The Morgan fingerprint density at radius 2 is 1.71 bits per heavy atom. The van der Waals surface area contributed by atoms with Crippen molar-refractivity contribution < 1.29 is 37.0 Å². The highest BCUT2D eigenvalue weighted by atomic mass is 19.4. The lowest BCUT2D eigenvalue weighted by Gasteiger charge is -2.17. The van der Waals surface area contributed by atoms with Gasteiger partial charge in [-0.15, -0.1) is 0 Å². The molecule has 1 saturated heterocycles. The van der Waals surface area contributed by atoms with Gasteiger partial charge in [-0.3, -0.25) is 14.4 Å². The molecule has 0 aliphatic carbocycles. The molecule has 3 amide bonds. The second-order valence-electron chi connectivity index (χ2n) is 9.05. The molecule has 1 heterocycles. The summed E-state index contributed by atoms with van der Waals surface area (Å²) < 4.78 is 49.3. The van der Waals surface area contributed by atoms with Crippen molar-refractivity contribution in [2.45, 2.75) is 19.5 Å². The van der Waals surface area contributed by atoms with E-state index in [0.29, 0.717) is 29.4 Å². The fourth-order valence-corrected chi connectivity index (χ4v) is 4.05. The van der Waals surface area contributed by atoms with Crippen LogP contribution in [-0.2, 0) is 20.6 Å². The van der Waals surface area contributed by atoms with Crippen molar-refractivity contribution >= 4 is 35.3 Å². The molecule has 12 heteroatoms. The molecule has 3 aromatic rings. The third kappa shape index (κ3) is 8.07. The van der Waals surface area contributed by atoms with Gasteiger partial charge in [0.05, 0.1) is 24.3 Å². The Kier molecular flexibility index (Phi) is 9.23. The highest BCUT2D eigenvalue weighted by Gasteiger charge is 2.35. The van der Waals surface area contributed by atoms with Crippen LogP contribution in [0.5, 0.6) is 11.5 Å². The molecular formula is C29H27F3N4O5. The quantitative estimate of drug-likeness (QED) is 0.274. The van der Waals surface area contributed by atoms with E-state index >= 15 is 0 Å². The molecule has 0 unspecified atom stereocenters. The normalized spacial score (nSPS) is 15.2. The number of alkyl halides is 3. The van der Waals surface area contributed by atoms with Gasteiger partial charge < -0.3 is 19.7 Å². The first-order chi connectivity index (χ1) is 19.6. The maximum Gasteiger partial charge on any atom is 0.416 e. The van der Waals surface area contributed by atoms with Crippen LogP contribution in [0.15, 0.2) is 77.9 Å². The Morgan fingerprint density at radius 1 is 1.02 bits per heavy atom. The van der Waals surface area contributed by atoms with Gasteiger partial charge in [0.1, 0.15) is 11.5 Å². The van der Waals surface area contributed by atoms with Gasteiger partial charge in [-0.25, -0.2) is 5.43 Å². The SMILES string of the molecule is CCOc1ccc(N2C[C@@H](C(=O)N/N=C\c3ccc(OCC(=O)Nc4cccc(C(F)(F)F)c4)cc3)CC2=O)cc1. The zero-order valence-electron chi connectivity index (χ0n) is 22.0. The van der Waals surface area contributed by atoms with Crippen molar-refractivity contribution in [3.8, 4) is 11.5 Å². The Bertz CT molecular complexity index is 1410. The number of hydrogen-bond donors (Lipinski definition) is 2. The molecule has 1 fully saturated rings. The number of carbonyl (C=O) groups is 3. The Hall–Kier alpha value is -4.87. The zero-order chi connectivity index (χ0) is 29.4. The lowest BCUT2D eigenvalue weighted by atomic mass is 10.1. The van der Waals surface area contributed by atoms with Crippen LogP contribution in [0.25, 0.3) is 0 Å². The summed E-state index contributed by atoms with van der Waals surface area (Å²) in [5, 5.41) is 6.32. The van der Waals surface area contributed by atoms with Crippen molar-refractivity contribution in [3.63, 3.8) is 0 Å². The lowest BCUT2D eigenvalue weighted by Crippen LogP contribution is -2.30. The van der Waals surface area contributed by atoms with Gasteiger partial charge in [-0.1, -0.05) is 6.07 Å². The molecule has 4 rings (SSSR count). The van der Waals surface area contributed by atoms with Crippen LogP contribution in [0.2, 0.25) is 0 Å². The van der Waals surface area contributed by atoms with E-state index < -0.39 is 30.2 Å². The number of hydrazone groups is 1. The van der Waals surface area contributed by atoms with Crippen LogP contribution in [0, 0.1) is 5.92 Å². The minimum atomic E-state index is -4.51. The van der Waals surface area contributed by atoms with E-state index in [4.69, 9.17) is 9.47 Å². The first kappa shape index (κ1) is 29.1. The summed E-state index contributed by atoms with van der Waals surface area (Å²) in [6.07, 6.45) is -3.02. The van der Waals surface area contributed by atoms with Crippen LogP contribution < -0.4 is 25.1 Å². The maximum atomic E-state index is 12.8. The number of anilines is 2. The summed E-state index contributed by atoms with van der Waals surface area (Å²) >= 11 is 0. The molecule has 1 aliphatic rings. The number of rotatable bonds is 10. The molecule has 0 aromatic heterocycles. The van der Waals surface area contributed by atoms with Gasteiger partial charge in [-0.2, -0.15) is 18.3 Å². The fraction of sp³-hybridized carbons (Fsp3) is 0.241. The zero-order valence-corrected chi connectivity index (χ0v) is 22.0. The van der Waals surface area contributed by atoms with Gasteiger partial charge in [0.25, 0.3) is 5.91 Å². The Morgan fingerprint density at radius 3 is 2.39 bits per heavy atom. The average molecular weight is 569 g/mol. The van der Waals surface area contributed by atoms with E-state index in [1.54, 1.807) is 53.4 Å². The standard InChI is InChI=1S/C29H27F3N4O5/c1-2-40-24-12-8-23(9-13-24)36-17-20(14-27(36)38)28(39)35-33-16-19-6-10-25(11-7-19)41-18-26(37)34-22-5-3-4-21(15-22)29(30,31)32/h3-13,15-16,20H,2,14,17-18H2,1H3,(H,34,37)(H,35,39)/b33-16-/t20-/m0/s1. The molecule has 1 atom stereocenters.